The van der Waals surface area contributed by atoms with Gasteiger partial charge in [-0.15, -0.1) is 0 Å². The Hall–Kier alpha value is -0.120. The van der Waals surface area contributed by atoms with Crippen LogP contribution in [0, 0.1) is 5.92 Å². The molecule has 0 saturated carbocycles. The summed E-state index contributed by atoms with van der Waals surface area (Å²) in [5, 5.41) is 3.51. The van der Waals surface area contributed by atoms with Crippen LogP contribution in [0.4, 0.5) is 0 Å². The molecular weight excluding hydrogens is 186 g/mol. The molecule has 0 amide bonds. The van der Waals surface area contributed by atoms with Gasteiger partial charge < -0.3 is 16.0 Å². The normalized spacial score (nSPS) is 23.2. The second-order valence-corrected chi connectivity index (χ2v) is 4.80. The molecule has 0 aliphatic carbocycles. The Labute approximate surface area is 94.4 Å². The molecule has 1 fully saturated rings. The molecule has 1 atom stereocenters. The largest absolute Gasteiger partial charge is 0.330 e. The average molecular weight is 213 g/mol. The predicted molar refractivity (Wildman–Crippen MR) is 66.0 cm³/mol. The van der Waals surface area contributed by atoms with Gasteiger partial charge in [0.1, 0.15) is 0 Å². The fourth-order valence-corrected chi connectivity index (χ4v) is 2.33. The van der Waals surface area contributed by atoms with Crippen molar-refractivity contribution in [1.29, 1.82) is 0 Å². The van der Waals surface area contributed by atoms with Crippen molar-refractivity contribution in [3.8, 4) is 0 Å². The topological polar surface area (TPSA) is 41.3 Å². The first kappa shape index (κ1) is 12.9. The van der Waals surface area contributed by atoms with Crippen LogP contribution in [-0.4, -0.2) is 44.7 Å². The minimum atomic E-state index is 0.828. The van der Waals surface area contributed by atoms with Crippen LogP contribution < -0.4 is 11.1 Å². The van der Waals surface area contributed by atoms with E-state index in [9.17, 15) is 0 Å². The van der Waals surface area contributed by atoms with Gasteiger partial charge >= 0.3 is 0 Å². The number of likely N-dealkylation sites (tertiary alicyclic amines) is 1. The molecule has 90 valence electrons. The van der Waals surface area contributed by atoms with Crippen molar-refractivity contribution in [2.75, 3.05) is 39.8 Å². The third kappa shape index (κ3) is 6.13. The van der Waals surface area contributed by atoms with Gasteiger partial charge in [0.05, 0.1) is 0 Å². The Morgan fingerprint density at radius 2 is 2.20 bits per heavy atom. The molecular formula is C12H27N3. The van der Waals surface area contributed by atoms with Gasteiger partial charge in [0.2, 0.25) is 0 Å². The monoisotopic (exact) mass is 213 g/mol. The van der Waals surface area contributed by atoms with Gasteiger partial charge in [-0.3, -0.25) is 0 Å². The van der Waals surface area contributed by atoms with E-state index in [1.165, 1.54) is 45.3 Å². The summed E-state index contributed by atoms with van der Waals surface area (Å²) in [6.45, 7) is 5.74. The van der Waals surface area contributed by atoms with Gasteiger partial charge in [0.25, 0.3) is 0 Å². The number of unbranched alkanes of at least 4 members (excludes halogenated alkanes) is 1. The Kier molecular flexibility index (Phi) is 6.98. The summed E-state index contributed by atoms with van der Waals surface area (Å²) in [7, 11) is 2.24. The quantitative estimate of drug-likeness (QED) is 0.621. The van der Waals surface area contributed by atoms with Crippen LogP contribution in [-0.2, 0) is 0 Å². The lowest BCUT2D eigenvalue weighted by Gasteiger charge is -2.29. The van der Waals surface area contributed by atoms with E-state index in [4.69, 9.17) is 5.73 Å². The van der Waals surface area contributed by atoms with Crippen molar-refractivity contribution in [1.82, 2.24) is 10.2 Å². The molecule has 0 aromatic heterocycles. The fraction of sp³-hybridized carbons (Fsp3) is 1.00. The summed E-state index contributed by atoms with van der Waals surface area (Å²) in [6, 6.07) is 0. The highest BCUT2D eigenvalue weighted by molar-refractivity contribution is 4.71. The Bertz CT molecular complexity index is 150. The second kappa shape index (κ2) is 8.08. The first-order valence-electron chi connectivity index (χ1n) is 6.42. The lowest BCUT2D eigenvalue weighted by molar-refractivity contribution is 0.201. The van der Waals surface area contributed by atoms with E-state index in [0.29, 0.717) is 0 Å². The number of nitrogens with zero attached hydrogens (tertiary/aromatic N) is 1. The average Bonchev–Trinajstić information content (AvgIpc) is 2.23. The smallest absolute Gasteiger partial charge is 0.000709 e. The van der Waals surface area contributed by atoms with Gasteiger partial charge in [0.15, 0.2) is 0 Å². The van der Waals surface area contributed by atoms with Gasteiger partial charge in [-0.1, -0.05) is 0 Å². The predicted octanol–water partition coefficient (Wildman–Crippen LogP) is 1.05. The minimum Gasteiger partial charge on any atom is -0.330 e. The molecule has 3 heteroatoms. The number of piperidine rings is 1. The summed E-state index contributed by atoms with van der Waals surface area (Å²) in [5.41, 5.74) is 5.44. The lowest BCUT2D eigenvalue weighted by Crippen LogP contribution is -2.33. The lowest BCUT2D eigenvalue weighted by atomic mass is 9.95. The number of nitrogens with two attached hydrogens (primary N) is 1. The van der Waals surface area contributed by atoms with Gasteiger partial charge in [-0.25, -0.2) is 0 Å². The maximum Gasteiger partial charge on any atom is 0.000709 e. The minimum absolute atomic E-state index is 0.828. The number of rotatable bonds is 7. The number of nitrogens with one attached hydrogen (secondary N) is 1. The summed E-state index contributed by atoms with van der Waals surface area (Å²) in [6.07, 6.45) is 6.52. The summed E-state index contributed by atoms with van der Waals surface area (Å²) in [5.74, 6) is 0.922. The van der Waals surface area contributed by atoms with Gasteiger partial charge in [-0.05, 0) is 71.2 Å². The molecule has 1 saturated heterocycles. The van der Waals surface area contributed by atoms with Crippen LogP contribution in [0.25, 0.3) is 0 Å². The molecule has 3 nitrogen and oxygen atoms in total. The number of hydrogen-bond acceptors (Lipinski definition) is 3. The highest BCUT2D eigenvalue weighted by atomic mass is 15.1. The van der Waals surface area contributed by atoms with Crippen molar-refractivity contribution in [3.05, 3.63) is 0 Å². The van der Waals surface area contributed by atoms with Crippen LogP contribution in [0.15, 0.2) is 0 Å². The molecule has 15 heavy (non-hydrogen) atoms. The van der Waals surface area contributed by atoms with Crippen LogP contribution in [0.5, 0.6) is 0 Å². The van der Waals surface area contributed by atoms with E-state index >= 15 is 0 Å². The molecule has 3 N–H and O–H groups in total. The summed E-state index contributed by atoms with van der Waals surface area (Å²) < 4.78 is 0. The zero-order valence-corrected chi connectivity index (χ0v) is 10.2. The van der Waals surface area contributed by atoms with E-state index in [0.717, 1.165) is 25.4 Å². The highest BCUT2D eigenvalue weighted by Crippen LogP contribution is 2.17. The molecule has 1 aliphatic heterocycles. The van der Waals surface area contributed by atoms with Crippen molar-refractivity contribution < 1.29 is 0 Å². The van der Waals surface area contributed by atoms with Crippen molar-refractivity contribution >= 4 is 0 Å². The van der Waals surface area contributed by atoms with Crippen LogP contribution in [0.3, 0.4) is 0 Å². The standard InChI is InChI=1S/C12H27N3/c1-15-10-4-5-12(11-15)6-9-14-8-3-2-7-13/h12,14H,2-11,13H2,1H3. The maximum absolute atomic E-state index is 5.44. The Balaban J connectivity index is 1.90. The first-order valence-corrected chi connectivity index (χ1v) is 6.42. The van der Waals surface area contributed by atoms with Crippen molar-refractivity contribution in [3.63, 3.8) is 0 Å². The van der Waals surface area contributed by atoms with E-state index in [2.05, 4.69) is 17.3 Å². The van der Waals surface area contributed by atoms with E-state index in [-0.39, 0.29) is 0 Å². The third-order valence-electron chi connectivity index (χ3n) is 3.26. The SMILES string of the molecule is CN1CCCC(CCNCCCCN)C1. The van der Waals surface area contributed by atoms with Crippen LogP contribution in [0.1, 0.15) is 32.1 Å². The summed E-state index contributed by atoms with van der Waals surface area (Å²) >= 11 is 0. The molecule has 1 unspecified atom stereocenters. The van der Waals surface area contributed by atoms with E-state index in [1.807, 2.05) is 0 Å². The molecule has 0 spiro atoms. The molecule has 1 aliphatic rings. The fourth-order valence-electron chi connectivity index (χ4n) is 2.33. The zero-order valence-electron chi connectivity index (χ0n) is 10.2. The molecule has 0 aromatic carbocycles. The first-order chi connectivity index (χ1) is 7.33. The second-order valence-electron chi connectivity index (χ2n) is 4.80. The Morgan fingerprint density at radius 1 is 1.33 bits per heavy atom. The highest BCUT2D eigenvalue weighted by Gasteiger charge is 2.15. The molecule has 0 radical (unpaired) electrons. The van der Waals surface area contributed by atoms with Gasteiger partial charge in [0, 0.05) is 6.54 Å². The van der Waals surface area contributed by atoms with Crippen molar-refractivity contribution in [2.24, 2.45) is 11.7 Å². The number of hydrogen-bond donors (Lipinski definition) is 2. The van der Waals surface area contributed by atoms with E-state index in [1.54, 1.807) is 0 Å². The van der Waals surface area contributed by atoms with Crippen LogP contribution in [0.2, 0.25) is 0 Å². The van der Waals surface area contributed by atoms with Gasteiger partial charge in [-0.2, -0.15) is 0 Å². The molecule has 0 aromatic rings. The molecule has 1 rings (SSSR count). The maximum atomic E-state index is 5.44. The van der Waals surface area contributed by atoms with Crippen LogP contribution >= 0.6 is 0 Å². The Morgan fingerprint density at radius 3 is 2.93 bits per heavy atom. The van der Waals surface area contributed by atoms with E-state index < -0.39 is 0 Å². The summed E-state index contributed by atoms with van der Waals surface area (Å²) in [4.78, 5) is 2.46. The molecule has 1 heterocycles. The molecule has 0 bridgehead atoms. The third-order valence-corrected chi connectivity index (χ3v) is 3.26. The van der Waals surface area contributed by atoms with Crippen molar-refractivity contribution in [2.45, 2.75) is 32.1 Å². The zero-order chi connectivity index (χ0) is 10.9.